The van der Waals surface area contributed by atoms with Crippen LogP contribution in [0.25, 0.3) is 0 Å². The van der Waals surface area contributed by atoms with Crippen LogP contribution >= 0.6 is 0 Å². The van der Waals surface area contributed by atoms with Crippen LogP contribution in [0.3, 0.4) is 0 Å². The van der Waals surface area contributed by atoms with Crippen molar-refractivity contribution in [2.45, 2.75) is 12.8 Å². The molecule has 3 heteroatoms. The number of hydrogen-bond acceptors (Lipinski definition) is 1. The second-order valence-electron chi connectivity index (χ2n) is 4.30. The molecule has 0 aromatic rings. The molecule has 0 aromatic carbocycles. The molecule has 0 unspecified atom stereocenters. The van der Waals surface area contributed by atoms with Gasteiger partial charge >= 0.3 is 0 Å². The quantitative estimate of drug-likeness (QED) is 0.575. The topological polar surface area (TPSA) is 53.1 Å². The largest absolute Gasteiger partial charge is 0.369 e. The molecule has 0 atom stereocenters. The molecule has 0 aliphatic heterocycles. The first-order chi connectivity index (χ1) is 8.61. The fourth-order valence-electron chi connectivity index (χ4n) is 2.04. The Labute approximate surface area is 107 Å². The van der Waals surface area contributed by atoms with E-state index >= 15 is 0 Å². The monoisotopic (exact) mass is 239 g/mol. The van der Waals surface area contributed by atoms with Crippen molar-refractivity contribution in [3.8, 4) is 0 Å². The van der Waals surface area contributed by atoms with E-state index in [0.717, 1.165) is 35.4 Å². The highest BCUT2D eigenvalue weighted by atomic mass is 15.2. The number of nitrogens with two attached hydrogens (primary N) is 1. The summed E-state index contributed by atoms with van der Waals surface area (Å²) in [6.45, 7) is 8.06. The molecule has 2 rings (SSSR count). The smallest absolute Gasteiger partial charge is 0.197 e. The molecule has 0 fully saturated rings. The van der Waals surface area contributed by atoms with E-state index in [4.69, 9.17) is 11.1 Å². The van der Waals surface area contributed by atoms with Gasteiger partial charge in [-0.25, -0.2) is 0 Å². The zero-order valence-electron chi connectivity index (χ0n) is 10.3. The lowest BCUT2D eigenvalue weighted by Gasteiger charge is -2.31. The van der Waals surface area contributed by atoms with Crippen molar-refractivity contribution in [1.82, 2.24) is 4.90 Å². The number of nitrogens with zero attached hydrogens (tertiary/aromatic N) is 1. The highest BCUT2D eigenvalue weighted by molar-refractivity contribution is 5.81. The maximum absolute atomic E-state index is 7.80. The van der Waals surface area contributed by atoms with Crippen LogP contribution < -0.4 is 5.73 Å². The molecule has 0 radical (unpaired) electrons. The van der Waals surface area contributed by atoms with Crippen LogP contribution in [0.15, 0.2) is 72.2 Å². The molecule has 0 amide bonds. The summed E-state index contributed by atoms with van der Waals surface area (Å²) in [5, 5.41) is 7.80. The Morgan fingerprint density at radius 3 is 1.83 bits per heavy atom. The first-order valence-electron chi connectivity index (χ1n) is 5.85. The normalized spacial score (nSPS) is 18.4. The summed E-state index contributed by atoms with van der Waals surface area (Å²) in [6.07, 6.45) is 13.4. The second-order valence-corrected chi connectivity index (χ2v) is 4.30. The predicted molar refractivity (Wildman–Crippen MR) is 75.7 cm³/mol. The molecule has 0 bridgehead atoms. The van der Waals surface area contributed by atoms with Crippen LogP contribution in [0, 0.1) is 5.41 Å². The van der Waals surface area contributed by atoms with Gasteiger partial charge in [0.1, 0.15) is 0 Å². The van der Waals surface area contributed by atoms with Gasteiger partial charge in [-0.3, -0.25) is 10.3 Å². The third kappa shape index (κ3) is 2.20. The molecular weight excluding hydrogens is 222 g/mol. The number of hydrogen-bond donors (Lipinski definition) is 2. The molecular formula is C15H17N3. The first-order valence-corrected chi connectivity index (χ1v) is 5.85. The molecule has 92 valence electrons. The maximum Gasteiger partial charge on any atom is 0.197 e. The van der Waals surface area contributed by atoms with E-state index in [0.29, 0.717) is 0 Å². The summed E-state index contributed by atoms with van der Waals surface area (Å²) >= 11 is 0. The molecule has 0 saturated carbocycles. The zero-order chi connectivity index (χ0) is 13.1. The van der Waals surface area contributed by atoms with E-state index in [1.165, 1.54) is 0 Å². The summed E-state index contributed by atoms with van der Waals surface area (Å²) in [5.41, 5.74) is 9.37. The third-order valence-electron chi connectivity index (χ3n) is 2.96. The van der Waals surface area contributed by atoms with Gasteiger partial charge in [0, 0.05) is 0 Å². The molecule has 2 aliphatic carbocycles. The second kappa shape index (κ2) is 4.92. The van der Waals surface area contributed by atoms with Crippen LogP contribution in [0.1, 0.15) is 12.8 Å². The van der Waals surface area contributed by atoms with E-state index in [1.807, 2.05) is 36.5 Å². The fourth-order valence-corrected chi connectivity index (χ4v) is 2.04. The van der Waals surface area contributed by atoms with Crippen molar-refractivity contribution in [1.29, 1.82) is 5.41 Å². The van der Waals surface area contributed by atoms with Gasteiger partial charge in [-0.05, 0) is 36.1 Å². The lowest BCUT2D eigenvalue weighted by molar-refractivity contribution is 0.625. The Balaban J connectivity index is 2.43. The van der Waals surface area contributed by atoms with Crippen molar-refractivity contribution in [2.24, 2.45) is 5.73 Å². The van der Waals surface area contributed by atoms with Crippen LogP contribution in [-0.4, -0.2) is 10.9 Å². The molecule has 2 aliphatic rings. The van der Waals surface area contributed by atoms with Crippen molar-refractivity contribution >= 4 is 5.96 Å². The summed E-state index contributed by atoms with van der Waals surface area (Å²) in [7, 11) is 0. The van der Waals surface area contributed by atoms with Crippen molar-refractivity contribution in [2.75, 3.05) is 0 Å². The summed E-state index contributed by atoms with van der Waals surface area (Å²) in [4.78, 5) is 1.71. The third-order valence-corrected chi connectivity index (χ3v) is 2.96. The average Bonchev–Trinajstić information content (AvgIpc) is 2.34. The lowest BCUT2D eigenvalue weighted by Crippen LogP contribution is -2.36. The minimum Gasteiger partial charge on any atom is -0.369 e. The zero-order valence-corrected chi connectivity index (χ0v) is 10.3. The maximum atomic E-state index is 7.80. The highest BCUT2D eigenvalue weighted by Crippen LogP contribution is 2.30. The molecule has 18 heavy (non-hydrogen) atoms. The van der Waals surface area contributed by atoms with Gasteiger partial charge in [-0.2, -0.15) is 0 Å². The van der Waals surface area contributed by atoms with Crippen LogP contribution in [0.2, 0.25) is 0 Å². The van der Waals surface area contributed by atoms with Gasteiger partial charge < -0.3 is 5.73 Å². The van der Waals surface area contributed by atoms with Crippen molar-refractivity contribution in [3.05, 3.63) is 72.2 Å². The Morgan fingerprint density at radius 1 is 1.06 bits per heavy atom. The Kier molecular flexibility index (Phi) is 3.33. The molecule has 0 saturated heterocycles. The van der Waals surface area contributed by atoms with Gasteiger partial charge in [-0.1, -0.05) is 37.5 Å². The number of guanidine groups is 1. The van der Waals surface area contributed by atoms with E-state index in [-0.39, 0.29) is 5.96 Å². The standard InChI is InChI=1S/C15H17N3/c1-11-7-3-5-9-13(11)18(15(16)17)14-10-6-4-8-12(14)2/h3-6,9-10H,1-2,7-8H2,(H3,16,17). The van der Waals surface area contributed by atoms with E-state index in [2.05, 4.69) is 13.2 Å². The van der Waals surface area contributed by atoms with Gasteiger partial charge in [0.15, 0.2) is 5.96 Å². The number of rotatable bonds is 2. The minimum absolute atomic E-state index is 0.0135. The summed E-state index contributed by atoms with van der Waals surface area (Å²) in [5.74, 6) is -0.0135. The summed E-state index contributed by atoms with van der Waals surface area (Å²) < 4.78 is 0. The predicted octanol–water partition coefficient (Wildman–Crippen LogP) is 2.98. The highest BCUT2D eigenvalue weighted by Gasteiger charge is 2.22. The first kappa shape index (κ1) is 12.2. The molecule has 0 spiro atoms. The van der Waals surface area contributed by atoms with Gasteiger partial charge in [-0.15, -0.1) is 0 Å². The Bertz CT molecular complexity index is 488. The van der Waals surface area contributed by atoms with E-state index in [9.17, 15) is 0 Å². The van der Waals surface area contributed by atoms with Gasteiger partial charge in [0.2, 0.25) is 0 Å². The Hall–Kier alpha value is -2.29. The minimum atomic E-state index is -0.0135. The fraction of sp³-hybridized carbons (Fsp3) is 0.133. The number of allylic oxidation sites excluding steroid dienone is 8. The van der Waals surface area contributed by atoms with E-state index < -0.39 is 0 Å². The summed E-state index contributed by atoms with van der Waals surface area (Å²) in [6, 6.07) is 0. The average molecular weight is 239 g/mol. The van der Waals surface area contributed by atoms with Crippen LogP contribution in [0.5, 0.6) is 0 Å². The lowest BCUT2D eigenvalue weighted by atomic mass is 10.00. The van der Waals surface area contributed by atoms with Gasteiger partial charge in [0.25, 0.3) is 0 Å². The van der Waals surface area contributed by atoms with Crippen LogP contribution in [-0.2, 0) is 0 Å². The SMILES string of the molecule is C=C1CC=CC=C1N(C(=N)N)C1=CC=CCC1=C. The number of nitrogens with one attached hydrogen (secondary N) is 1. The van der Waals surface area contributed by atoms with Gasteiger partial charge in [0.05, 0.1) is 11.4 Å². The Morgan fingerprint density at radius 2 is 1.50 bits per heavy atom. The molecule has 0 aromatic heterocycles. The van der Waals surface area contributed by atoms with E-state index in [1.54, 1.807) is 4.90 Å². The van der Waals surface area contributed by atoms with Crippen molar-refractivity contribution in [3.63, 3.8) is 0 Å². The molecule has 3 nitrogen and oxygen atoms in total. The molecule has 3 N–H and O–H groups in total. The van der Waals surface area contributed by atoms with Crippen molar-refractivity contribution < 1.29 is 0 Å². The van der Waals surface area contributed by atoms with Crippen LogP contribution in [0.4, 0.5) is 0 Å². The molecule has 0 heterocycles.